The smallest absolute Gasteiger partial charge is 0.248 e. The number of thiazole rings is 1. The van der Waals surface area contributed by atoms with Gasteiger partial charge in [-0.1, -0.05) is 20.8 Å². The van der Waals surface area contributed by atoms with Gasteiger partial charge in [-0.15, -0.1) is 11.3 Å². The first-order valence-corrected chi connectivity index (χ1v) is 5.44. The second kappa shape index (κ2) is 4.09. The fourth-order valence-electron chi connectivity index (χ4n) is 1.03. The van der Waals surface area contributed by atoms with Crippen molar-refractivity contribution in [3.63, 3.8) is 0 Å². The van der Waals surface area contributed by atoms with E-state index in [2.05, 4.69) is 4.99 Å². The first-order chi connectivity index (χ1) is 6.38. The predicted octanol–water partition coefficient (Wildman–Crippen LogP) is 1.95. The molecule has 0 aromatic carbocycles. The summed E-state index contributed by atoms with van der Waals surface area (Å²) in [6, 6.07) is 0. The van der Waals surface area contributed by atoms with Crippen molar-refractivity contribution in [3.8, 4) is 0 Å². The molecule has 0 bridgehead atoms. The first-order valence-electron chi connectivity index (χ1n) is 4.56. The fourth-order valence-corrected chi connectivity index (χ4v) is 1.78. The molecule has 1 heterocycles. The summed E-state index contributed by atoms with van der Waals surface area (Å²) < 4.78 is 1.85. The monoisotopic (exact) mass is 212 g/mol. The number of hydrogen-bond acceptors (Lipinski definition) is 2. The number of aryl methyl sites for hydroxylation is 1. The van der Waals surface area contributed by atoms with Gasteiger partial charge in [0, 0.05) is 25.0 Å². The second-order valence-corrected chi connectivity index (χ2v) is 5.41. The van der Waals surface area contributed by atoms with Gasteiger partial charge in [0.1, 0.15) is 0 Å². The molecule has 0 fully saturated rings. The number of nitrogens with zero attached hydrogens (tertiary/aromatic N) is 2. The number of carbonyl (C=O) groups is 1. The van der Waals surface area contributed by atoms with Crippen LogP contribution in [0.4, 0.5) is 0 Å². The number of hydrogen-bond donors (Lipinski definition) is 0. The Bertz CT molecular complexity index is 381. The molecular formula is C10H16N2OS. The van der Waals surface area contributed by atoms with Gasteiger partial charge in [-0.3, -0.25) is 4.79 Å². The van der Waals surface area contributed by atoms with Gasteiger partial charge in [0.25, 0.3) is 0 Å². The molecule has 78 valence electrons. The van der Waals surface area contributed by atoms with Crippen LogP contribution in [0.5, 0.6) is 0 Å². The Morgan fingerprint density at radius 2 is 2.21 bits per heavy atom. The summed E-state index contributed by atoms with van der Waals surface area (Å²) >= 11 is 1.48. The normalized spacial score (nSPS) is 13.3. The lowest BCUT2D eigenvalue weighted by molar-refractivity contribution is -0.119. The molecule has 0 saturated heterocycles. The molecular weight excluding hydrogens is 196 g/mol. The minimum Gasteiger partial charge on any atom is -0.327 e. The molecule has 14 heavy (non-hydrogen) atoms. The van der Waals surface area contributed by atoms with Gasteiger partial charge in [0.15, 0.2) is 4.80 Å². The van der Waals surface area contributed by atoms with Gasteiger partial charge < -0.3 is 4.57 Å². The summed E-state index contributed by atoms with van der Waals surface area (Å²) in [5.41, 5.74) is 0.0103. The first kappa shape index (κ1) is 11.2. The van der Waals surface area contributed by atoms with Crippen molar-refractivity contribution in [1.29, 1.82) is 0 Å². The molecule has 1 rings (SSSR count). The zero-order valence-electron chi connectivity index (χ0n) is 9.07. The van der Waals surface area contributed by atoms with E-state index < -0.39 is 0 Å². The quantitative estimate of drug-likeness (QED) is 0.700. The minimum atomic E-state index is -0.0458. The van der Waals surface area contributed by atoms with E-state index >= 15 is 0 Å². The zero-order valence-corrected chi connectivity index (χ0v) is 9.89. The van der Waals surface area contributed by atoms with E-state index in [-0.39, 0.29) is 11.3 Å². The molecule has 0 atom stereocenters. The maximum absolute atomic E-state index is 11.5. The van der Waals surface area contributed by atoms with E-state index in [1.54, 1.807) is 0 Å². The number of carbonyl (C=O) groups excluding carboxylic acids is 1. The molecule has 1 aromatic rings. The van der Waals surface area contributed by atoms with Crippen molar-refractivity contribution in [3.05, 3.63) is 16.4 Å². The average Bonchev–Trinajstić information content (AvgIpc) is 2.32. The molecule has 0 saturated carbocycles. The van der Waals surface area contributed by atoms with Crippen LogP contribution in [-0.4, -0.2) is 10.5 Å². The highest BCUT2D eigenvalue weighted by molar-refractivity contribution is 7.07. The third-order valence-corrected chi connectivity index (χ3v) is 2.51. The minimum absolute atomic E-state index is 0.0103. The summed E-state index contributed by atoms with van der Waals surface area (Å²) in [7, 11) is 1.89. The molecule has 1 amide bonds. The maximum Gasteiger partial charge on any atom is 0.248 e. The molecule has 0 aliphatic carbocycles. The van der Waals surface area contributed by atoms with Gasteiger partial charge >= 0.3 is 0 Å². The van der Waals surface area contributed by atoms with Gasteiger partial charge in [-0.05, 0) is 5.41 Å². The van der Waals surface area contributed by atoms with Crippen LogP contribution < -0.4 is 4.80 Å². The largest absolute Gasteiger partial charge is 0.327 e. The molecule has 0 N–H and O–H groups in total. The van der Waals surface area contributed by atoms with Gasteiger partial charge in [-0.2, -0.15) is 4.99 Å². The molecule has 0 radical (unpaired) electrons. The third kappa shape index (κ3) is 3.46. The number of aromatic nitrogens is 1. The second-order valence-electron chi connectivity index (χ2n) is 4.54. The summed E-state index contributed by atoms with van der Waals surface area (Å²) in [5, 5.41) is 1.92. The number of amides is 1. The Kier molecular flexibility index (Phi) is 3.26. The lowest BCUT2D eigenvalue weighted by atomic mass is 9.92. The van der Waals surface area contributed by atoms with E-state index in [1.165, 1.54) is 11.3 Å². The van der Waals surface area contributed by atoms with Crippen molar-refractivity contribution in [2.45, 2.75) is 27.2 Å². The highest BCUT2D eigenvalue weighted by Crippen LogP contribution is 2.18. The Morgan fingerprint density at radius 1 is 1.57 bits per heavy atom. The predicted molar refractivity (Wildman–Crippen MR) is 57.9 cm³/mol. The van der Waals surface area contributed by atoms with Crippen LogP contribution >= 0.6 is 11.3 Å². The van der Waals surface area contributed by atoms with Crippen molar-refractivity contribution >= 4 is 17.2 Å². The summed E-state index contributed by atoms with van der Waals surface area (Å²) in [6.07, 6.45) is 2.39. The van der Waals surface area contributed by atoms with E-state index in [0.717, 1.165) is 4.80 Å². The lowest BCUT2D eigenvalue weighted by Crippen LogP contribution is -2.16. The van der Waals surface area contributed by atoms with Crippen LogP contribution in [0.3, 0.4) is 0 Å². The molecule has 0 unspecified atom stereocenters. The van der Waals surface area contributed by atoms with Gasteiger partial charge in [-0.25, -0.2) is 0 Å². The van der Waals surface area contributed by atoms with Crippen LogP contribution in [0, 0.1) is 5.41 Å². The van der Waals surface area contributed by atoms with Crippen molar-refractivity contribution in [2.75, 3.05) is 0 Å². The van der Waals surface area contributed by atoms with Crippen LogP contribution in [0.25, 0.3) is 0 Å². The van der Waals surface area contributed by atoms with Crippen molar-refractivity contribution in [2.24, 2.45) is 17.5 Å². The standard InChI is InChI=1S/C10H16N2OS/c1-10(2,3)7-8(13)11-9-12(4)5-6-14-9/h5-6H,7H2,1-4H3. The van der Waals surface area contributed by atoms with Crippen LogP contribution in [0.2, 0.25) is 0 Å². The summed E-state index contributed by atoms with van der Waals surface area (Å²) in [5.74, 6) is -0.0458. The lowest BCUT2D eigenvalue weighted by Gasteiger charge is -2.14. The van der Waals surface area contributed by atoms with Gasteiger partial charge in [0.2, 0.25) is 5.91 Å². The fraction of sp³-hybridized carbons (Fsp3) is 0.600. The Labute approximate surface area is 88.1 Å². The number of rotatable bonds is 1. The van der Waals surface area contributed by atoms with Crippen molar-refractivity contribution < 1.29 is 4.79 Å². The van der Waals surface area contributed by atoms with E-state index in [4.69, 9.17) is 0 Å². The summed E-state index contributed by atoms with van der Waals surface area (Å²) in [6.45, 7) is 6.11. The molecule has 1 aromatic heterocycles. The summed E-state index contributed by atoms with van der Waals surface area (Å²) in [4.78, 5) is 16.3. The molecule has 4 heteroatoms. The zero-order chi connectivity index (χ0) is 10.8. The SMILES string of the molecule is Cn1ccsc1=NC(=O)CC(C)(C)C. The van der Waals surface area contributed by atoms with Crippen LogP contribution in [0.15, 0.2) is 16.6 Å². The highest BCUT2D eigenvalue weighted by atomic mass is 32.1. The van der Waals surface area contributed by atoms with Crippen molar-refractivity contribution in [1.82, 2.24) is 4.57 Å². The molecule has 0 aliphatic heterocycles. The van der Waals surface area contributed by atoms with Gasteiger partial charge in [0.05, 0.1) is 0 Å². The Hall–Kier alpha value is -0.900. The maximum atomic E-state index is 11.5. The van der Waals surface area contributed by atoms with E-state index in [1.807, 2.05) is 44.0 Å². The van der Waals surface area contributed by atoms with Crippen LogP contribution in [-0.2, 0) is 11.8 Å². The molecule has 0 spiro atoms. The molecule has 3 nitrogen and oxygen atoms in total. The Balaban J connectivity index is 2.80. The molecule has 0 aliphatic rings. The highest BCUT2D eigenvalue weighted by Gasteiger charge is 2.15. The van der Waals surface area contributed by atoms with E-state index in [0.29, 0.717) is 6.42 Å². The topological polar surface area (TPSA) is 34.4 Å². The van der Waals surface area contributed by atoms with Crippen LogP contribution in [0.1, 0.15) is 27.2 Å². The third-order valence-electron chi connectivity index (χ3n) is 1.66. The Morgan fingerprint density at radius 3 is 2.64 bits per heavy atom. The van der Waals surface area contributed by atoms with E-state index in [9.17, 15) is 4.79 Å². The average molecular weight is 212 g/mol.